The van der Waals surface area contributed by atoms with Gasteiger partial charge in [-0.05, 0) is 56.1 Å². The van der Waals surface area contributed by atoms with Crippen LogP contribution >= 0.6 is 0 Å². The van der Waals surface area contributed by atoms with Gasteiger partial charge in [-0.1, -0.05) is 130 Å². The van der Waals surface area contributed by atoms with Crippen molar-refractivity contribution in [2.24, 2.45) is 0 Å². The smallest absolute Gasteiger partial charge is 0.305 e. The zero-order chi connectivity index (χ0) is 29.0. The topological polar surface area (TPSA) is 57.6 Å². The molecule has 4 nitrogen and oxygen atoms in total. The highest BCUT2D eigenvalue weighted by Gasteiger charge is 2.29. The molecule has 41 heavy (non-hydrogen) atoms. The van der Waals surface area contributed by atoms with E-state index in [9.17, 15) is 14.7 Å². The number of fused-ring (bicyclic) bond motifs is 1. The molecule has 1 unspecified atom stereocenters. The van der Waals surface area contributed by atoms with Crippen LogP contribution in [0.4, 0.5) is 0 Å². The van der Waals surface area contributed by atoms with Gasteiger partial charge in [-0.25, -0.2) is 0 Å². The maximum absolute atomic E-state index is 14.3. The molecule has 1 amide bonds. The summed E-state index contributed by atoms with van der Waals surface area (Å²) in [6.07, 6.45) is -0.207. The van der Waals surface area contributed by atoms with Gasteiger partial charge in [0, 0.05) is 12.1 Å². The van der Waals surface area contributed by atoms with Crippen molar-refractivity contribution in [1.82, 2.24) is 4.90 Å². The van der Waals surface area contributed by atoms with E-state index in [2.05, 4.69) is 20.8 Å². The first-order chi connectivity index (χ1) is 19.7. The molecular formula is C37H35NO3. The zero-order valence-corrected chi connectivity index (χ0v) is 23.7. The molecule has 0 aliphatic rings. The van der Waals surface area contributed by atoms with Crippen molar-refractivity contribution in [3.05, 3.63) is 144 Å². The molecule has 0 aliphatic carbocycles. The Morgan fingerprint density at radius 3 is 1.98 bits per heavy atom. The first-order valence-corrected chi connectivity index (χ1v) is 14.0. The van der Waals surface area contributed by atoms with Crippen LogP contribution < -0.4 is 0 Å². The minimum atomic E-state index is -0.957. The van der Waals surface area contributed by atoms with Crippen molar-refractivity contribution in [2.45, 2.75) is 45.2 Å². The largest absolute Gasteiger partial charge is 0.481 e. The molecule has 0 bridgehead atoms. The van der Waals surface area contributed by atoms with Crippen LogP contribution in [0.25, 0.3) is 21.9 Å². The van der Waals surface area contributed by atoms with Gasteiger partial charge in [0.05, 0.1) is 12.5 Å². The van der Waals surface area contributed by atoms with Gasteiger partial charge in [-0.3, -0.25) is 9.59 Å². The van der Waals surface area contributed by atoms with E-state index in [0.29, 0.717) is 5.56 Å². The summed E-state index contributed by atoms with van der Waals surface area (Å²) in [7, 11) is 0. The highest BCUT2D eigenvalue weighted by molar-refractivity contribution is 5.95. The fourth-order valence-corrected chi connectivity index (χ4v) is 5.32. The second-order valence-electron chi connectivity index (χ2n) is 11.5. The van der Waals surface area contributed by atoms with E-state index in [1.807, 2.05) is 121 Å². The minimum Gasteiger partial charge on any atom is -0.481 e. The lowest BCUT2D eigenvalue weighted by Gasteiger charge is -2.32. The van der Waals surface area contributed by atoms with Crippen molar-refractivity contribution in [3.8, 4) is 11.1 Å². The normalized spacial score (nSPS) is 12.2. The summed E-state index contributed by atoms with van der Waals surface area (Å²) in [6.45, 7) is 6.69. The van der Waals surface area contributed by atoms with Crippen LogP contribution in [0.1, 0.15) is 60.3 Å². The predicted molar refractivity (Wildman–Crippen MR) is 166 cm³/mol. The van der Waals surface area contributed by atoms with Gasteiger partial charge in [0.25, 0.3) is 5.91 Å². The number of carboxylic acid groups (broad SMARTS) is 1. The minimum absolute atomic E-state index is 0.0451. The molecule has 206 valence electrons. The third kappa shape index (κ3) is 6.38. The summed E-state index contributed by atoms with van der Waals surface area (Å²) in [5, 5.41) is 12.1. The monoisotopic (exact) mass is 541 g/mol. The third-order valence-electron chi connectivity index (χ3n) is 7.63. The first kappa shape index (κ1) is 27.9. The molecule has 0 aromatic heterocycles. The second kappa shape index (κ2) is 11.8. The van der Waals surface area contributed by atoms with E-state index < -0.39 is 12.0 Å². The Balaban J connectivity index is 1.58. The van der Waals surface area contributed by atoms with Gasteiger partial charge < -0.3 is 10.0 Å². The number of aliphatic carboxylic acids is 1. The molecule has 1 N–H and O–H groups in total. The van der Waals surface area contributed by atoms with E-state index in [-0.39, 0.29) is 24.3 Å². The Kier molecular flexibility index (Phi) is 8.02. The van der Waals surface area contributed by atoms with E-state index >= 15 is 0 Å². The molecule has 5 rings (SSSR count). The van der Waals surface area contributed by atoms with Gasteiger partial charge in [-0.15, -0.1) is 0 Å². The fourth-order valence-electron chi connectivity index (χ4n) is 5.32. The average molecular weight is 542 g/mol. The number of carbonyl (C=O) groups excluding carboxylic acids is 1. The third-order valence-corrected chi connectivity index (χ3v) is 7.63. The van der Waals surface area contributed by atoms with Crippen LogP contribution in [-0.4, -0.2) is 21.9 Å². The van der Waals surface area contributed by atoms with Crippen LogP contribution in [0.15, 0.2) is 121 Å². The lowest BCUT2D eigenvalue weighted by Crippen LogP contribution is -2.36. The number of benzene rings is 5. The van der Waals surface area contributed by atoms with Gasteiger partial charge in [-0.2, -0.15) is 0 Å². The van der Waals surface area contributed by atoms with Gasteiger partial charge >= 0.3 is 5.97 Å². The van der Waals surface area contributed by atoms with Crippen LogP contribution in [-0.2, 0) is 16.8 Å². The Bertz CT molecular complexity index is 1640. The van der Waals surface area contributed by atoms with Crippen molar-refractivity contribution in [3.63, 3.8) is 0 Å². The van der Waals surface area contributed by atoms with Crippen LogP contribution in [0.2, 0.25) is 0 Å². The van der Waals surface area contributed by atoms with E-state index in [1.54, 1.807) is 4.90 Å². The van der Waals surface area contributed by atoms with Gasteiger partial charge in [0.15, 0.2) is 0 Å². The number of hydrogen-bond acceptors (Lipinski definition) is 2. The number of hydrogen-bond donors (Lipinski definition) is 1. The molecular weight excluding hydrogens is 506 g/mol. The lowest BCUT2D eigenvalue weighted by molar-refractivity contribution is -0.138. The molecule has 0 saturated heterocycles. The average Bonchev–Trinajstić information content (AvgIpc) is 2.99. The molecule has 1 atom stereocenters. The van der Waals surface area contributed by atoms with Crippen molar-refractivity contribution < 1.29 is 14.7 Å². The number of amides is 1. The number of nitrogens with zero attached hydrogens (tertiary/aromatic N) is 1. The van der Waals surface area contributed by atoms with Crippen molar-refractivity contribution >= 4 is 22.6 Å². The molecule has 0 aliphatic heterocycles. The molecule has 0 spiro atoms. The maximum atomic E-state index is 14.3. The van der Waals surface area contributed by atoms with E-state index in [1.165, 1.54) is 0 Å². The molecule has 0 saturated carbocycles. The standard InChI is InChI=1S/C37H35NO3/c1-37(2,3)32-22-20-30(21-23-32)36(41)38(25-31-14-9-13-28-12-7-8-15-33(28)31)34(24-35(39)40)29-18-16-27(17-19-29)26-10-5-4-6-11-26/h4-23,34H,24-25H2,1-3H3,(H,39,40). The summed E-state index contributed by atoms with van der Waals surface area (Å²) in [6, 6.07) is 39.1. The Labute approximate surface area is 241 Å². The highest BCUT2D eigenvalue weighted by atomic mass is 16.4. The van der Waals surface area contributed by atoms with Crippen LogP contribution in [0.5, 0.6) is 0 Å². The number of carboxylic acids is 1. The molecule has 4 heteroatoms. The Morgan fingerprint density at radius 1 is 0.707 bits per heavy atom. The van der Waals surface area contributed by atoms with E-state index in [4.69, 9.17) is 0 Å². The Hall–Kier alpha value is -4.70. The summed E-state index contributed by atoms with van der Waals surface area (Å²) >= 11 is 0. The summed E-state index contributed by atoms with van der Waals surface area (Å²) < 4.78 is 0. The molecule has 5 aromatic carbocycles. The van der Waals surface area contributed by atoms with Gasteiger partial charge in [0.2, 0.25) is 0 Å². The molecule has 0 fully saturated rings. The lowest BCUT2D eigenvalue weighted by atomic mass is 9.86. The summed E-state index contributed by atoms with van der Waals surface area (Å²) in [4.78, 5) is 28.2. The van der Waals surface area contributed by atoms with Crippen LogP contribution in [0, 0.1) is 0 Å². The Morgan fingerprint density at radius 2 is 1.32 bits per heavy atom. The quantitative estimate of drug-likeness (QED) is 0.214. The highest BCUT2D eigenvalue weighted by Crippen LogP contribution is 2.32. The first-order valence-electron chi connectivity index (χ1n) is 14.0. The SMILES string of the molecule is CC(C)(C)c1ccc(C(=O)N(Cc2cccc3ccccc23)C(CC(=O)O)c2ccc(-c3ccccc3)cc2)cc1. The molecule has 5 aromatic rings. The number of carbonyl (C=O) groups is 2. The van der Waals surface area contributed by atoms with Gasteiger partial charge in [0.1, 0.15) is 0 Å². The summed E-state index contributed by atoms with van der Waals surface area (Å²) in [5.41, 5.74) is 5.50. The van der Waals surface area contributed by atoms with Crippen LogP contribution in [0.3, 0.4) is 0 Å². The maximum Gasteiger partial charge on any atom is 0.305 e. The van der Waals surface area contributed by atoms with Crippen molar-refractivity contribution in [2.75, 3.05) is 0 Å². The second-order valence-corrected chi connectivity index (χ2v) is 11.5. The molecule has 0 heterocycles. The fraction of sp³-hybridized carbons (Fsp3) is 0.189. The number of rotatable bonds is 8. The molecule has 0 radical (unpaired) electrons. The van der Waals surface area contributed by atoms with Crippen molar-refractivity contribution in [1.29, 1.82) is 0 Å². The van der Waals surface area contributed by atoms with E-state index in [0.717, 1.165) is 38.6 Å². The summed E-state index contributed by atoms with van der Waals surface area (Å²) in [5.74, 6) is -1.15. The zero-order valence-electron chi connectivity index (χ0n) is 23.7. The predicted octanol–water partition coefficient (Wildman–Crippen LogP) is 8.66.